The topological polar surface area (TPSA) is 85.1 Å². The fourth-order valence-corrected chi connectivity index (χ4v) is 8.59. The second kappa shape index (κ2) is 27.7. The van der Waals surface area contributed by atoms with Crippen molar-refractivity contribution >= 4 is 72.7 Å². The summed E-state index contributed by atoms with van der Waals surface area (Å²) in [6.07, 6.45) is 2.42. The van der Waals surface area contributed by atoms with Crippen LogP contribution in [0.5, 0.6) is 0 Å². The van der Waals surface area contributed by atoms with Crippen molar-refractivity contribution in [1.29, 1.82) is 0 Å². The summed E-state index contributed by atoms with van der Waals surface area (Å²) in [5.74, 6) is 0.162. The van der Waals surface area contributed by atoms with Gasteiger partial charge >= 0.3 is 0 Å². The van der Waals surface area contributed by atoms with Gasteiger partial charge in [0.05, 0.1) is 28.9 Å². The van der Waals surface area contributed by atoms with E-state index in [1.807, 2.05) is 60.7 Å². The molecule has 1 unspecified atom stereocenters. The van der Waals surface area contributed by atoms with E-state index in [1.165, 1.54) is 45.7 Å². The van der Waals surface area contributed by atoms with E-state index in [0.29, 0.717) is 0 Å². The molecular formula is C65H54BIrN5O2P-. The number of benzene rings is 10. The second-order valence-electron chi connectivity index (χ2n) is 17.0. The molecule has 10 heteroatoms. The number of hydrogen-bond acceptors (Lipinski definition) is 7. The molecular weight excluding hydrogens is 1120 g/mol. The SMILES string of the molecule is CC(O)=CC(C)O.[B]N=P.[Ir].[c-]1ccccc1-c1cc(-c2ccccc2)ncn1.c1ccc(N(c2ccc(-c3ccc(N(c4ccccc4)c4cccc5ccccc45)cc3)cc2)c2cccc3ccccc23)cc1. The molecule has 3 radical (unpaired) electrons. The molecule has 11 rings (SSSR count). The first kappa shape index (κ1) is 54.5. The van der Waals surface area contributed by atoms with Gasteiger partial charge in [-0.05, 0) is 123 Å². The average molecular weight is 1170 g/mol. The monoisotopic (exact) mass is 1170 g/mol. The largest absolute Gasteiger partial charge is 0.513 e. The van der Waals surface area contributed by atoms with Gasteiger partial charge in [-0.25, -0.2) is 4.98 Å². The first-order valence-corrected chi connectivity index (χ1v) is 24.6. The summed E-state index contributed by atoms with van der Waals surface area (Å²) >= 11 is 0. The molecule has 1 heterocycles. The van der Waals surface area contributed by atoms with Crippen molar-refractivity contribution < 1.29 is 30.3 Å². The third kappa shape index (κ3) is 14.5. The Labute approximate surface area is 457 Å². The van der Waals surface area contributed by atoms with Gasteiger partial charge < -0.3 is 24.7 Å². The molecule has 0 aliphatic heterocycles. The van der Waals surface area contributed by atoms with E-state index in [1.54, 1.807) is 13.3 Å². The second-order valence-corrected chi connectivity index (χ2v) is 17.3. The summed E-state index contributed by atoms with van der Waals surface area (Å²) < 4.78 is 2.81. The molecule has 0 saturated carbocycles. The van der Waals surface area contributed by atoms with Gasteiger partial charge in [-0.2, -0.15) is 0 Å². The minimum Gasteiger partial charge on any atom is -0.513 e. The first-order valence-electron chi connectivity index (χ1n) is 24.1. The maximum atomic E-state index is 8.49. The molecule has 369 valence electrons. The Balaban J connectivity index is 0.000000232. The Morgan fingerprint density at radius 2 is 0.920 bits per heavy atom. The Morgan fingerprint density at radius 1 is 0.520 bits per heavy atom. The van der Waals surface area contributed by atoms with E-state index < -0.39 is 6.10 Å². The van der Waals surface area contributed by atoms with Crippen LogP contribution in [-0.4, -0.2) is 34.3 Å². The molecule has 75 heavy (non-hydrogen) atoms. The molecule has 0 aliphatic rings. The van der Waals surface area contributed by atoms with Crippen molar-refractivity contribution in [3.63, 3.8) is 0 Å². The standard InChI is InChI=1S/C44H32N2.C16H11N2.C5H10O2.BHNP.Ir/c1-3-17-37(18-4-1)45(43-23-11-15-35-13-7-9-21-41(35)43)39-29-25-33(26-30-39)34-27-31-40(32-28-34)46(38-19-5-2-6-20-38)44-24-12-16-36-14-8-10-22-42(36)44;1-3-7-13(8-4-1)15-11-16(18-12-17-15)14-9-5-2-6-10-14;1-4(6)3-5(2)7;1-2-3;/h1-32H;1-9,11-12H;3-4,6-7H,1-2H3;3H;/q;-1;;;. The fourth-order valence-electron chi connectivity index (χ4n) is 8.59. The van der Waals surface area contributed by atoms with Crippen LogP contribution in [0.15, 0.2) is 278 Å². The third-order valence-electron chi connectivity index (χ3n) is 11.8. The minimum atomic E-state index is -0.537. The number of anilines is 6. The van der Waals surface area contributed by atoms with E-state index in [9.17, 15) is 0 Å². The molecule has 1 aromatic heterocycles. The predicted octanol–water partition coefficient (Wildman–Crippen LogP) is 17.4. The Hall–Kier alpha value is -8.29. The molecule has 11 aromatic rings. The first-order chi connectivity index (χ1) is 36.3. The van der Waals surface area contributed by atoms with E-state index in [-0.39, 0.29) is 25.9 Å². The van der Waals surface area contributed by atoms with Gasteiger partial charge in [-0.3, -0.25) is 4.98 Å². The average Bonchev–Trinajstić information content (AvgIpc) is 3.45. The quantitative estimate of drug-likeness (QED) is 0.0614. The summed E-state index contributed by atoms with van der Waals surface area (Å²) in [4.78, 5) is 13.3. The van der Waals surface area contributed by atoms with Crippen molar-refractivity contribution in [2.75, 3.05) is 9.80 Å². The molecule has 0 aliphatic carbocycles. The molecule has 2 N–H and O–H groups in total. The number of fused-ring (bicyclic) bond motifs is 2. The Kier molecular flexibility index (Phi) is 20.1. The number of aliphatic hydroxyl groups is 2. The van der Waals surface area contributed by atoms with Crippen LogP contribution in [0.3, 0.4) is 0 Å². The number of rotatable bonds is 10. The number of allylic oxidation sites excluding steroid dienone is 1. The summed E-state index contributed by atoms with van der Waals surface area (Å²) in [6, 6.07) is 92.3. The van der Waals surface area contributed by atoms with Gasteiger partial charge in [-0.1, -0.05) is 170 Å². The zero-order valence-electron chi connectivity index (χ0n) is 41.5. The van der Waals surface area contributed by atoms with Crippen molar-refractivity contribution in [2.45, 2.75) is 20.0 Å². The summed E-state index contributed by atoms with van der Waals surface area (Å²) in [5, 5.41) is 21.8. The summed E-state index contributed by atoms with van der Waals surface area (Å²) in [5.41, 5.74) is 13.1. The Morgan fingerprint density at radius 3 is 1.35 bits per heavy atom. The minimum absolute atomic E-state index is 0. The van der Waals surface area contributed by atoms with Gasteiger partial charge in [0, 0.05) is 53.6 Å². The molecule has 0 saturated heterocycles. The maximum absolute atomic E-state index is 8.49. The molecule has 7 nitrogen and oxygen atoms in total. The zero-order chi connectivity index (χ0) is 51.5. The van der Waals surface area contributed by atoms with Gasteiger partial charge in [0.1, 0.15) is 6.33 Å². The zero-order valence-corrected chi connectivity index (χ0v) is 44.9. The van der Waals surface area contributed by atoms with Crippen LogP contribution in [-0.2, 0) is 20.1 Å². The van der Waals surface area contributed by atoms with Crippen molar-refractivity contribution in [3.8, 4) is 33.6 Å². The van der Waals surface area contributed by atoms with E-state index in [4.69, 9.17) is 10.2 Å². The Bertz CT molecular complexity index is 3300. The number of para-hydroxylation sites is 2. The molecule has 0 bridgehead atoms. The van der Waals surface area contributed by atoms with E-state index in [0.717, 1.165) is 56.6 Å². The van der Waals surface area contributed by atoms with Gasteiger partial charge in [0.15, 0.2) is 0 Å². The molecule has 0 fully saturated rings. The maximum Gasteiger partial charge on any atom is 0.265 e. The van der Waals surface area contributed by atoms with Crippen LogP contribution in [0.2, 0.25) is 0 Å². The molecule has 10 aromatic carbocycles. The van der Waals surface area contributed by atoms with Crippen molar-refractivity contribution in [1.82, 2.24) is 9.97 Å². The van der Waals surface area contributed by atoms with Gasteiger partial charge in [0.25, 0.3) is 7.98 Å². The normalized spacial score (nSPS) is 10.9. The predicted molar refractivity (Wildman–Crippen MR) is 313 cm³/mol. The third-order valence-corrected chi connectivity index (χ3v) is 11.8. The molecule has 1 atom stereocenters. The fraction of sp³-hybridized carbons (Fsp3) is 0.0462. The molecule has 0 amide bonds. The van der Waals surface area contributed by atoms with Crippen LogP contribution >= 0.6 is 9.03 Å². The molecule has 0 spiro atoms. The van der Waals surface area contributed by atoms with Crippen LogP contribution in [0.25, 0.3) is 55.2 Å². The van der Waals surface area contributed by atoms with E-state index in [2.05, 4.69) is 242 Å². The van der Waals surface area contributed by atoms with Gasteiger partial charge in [0.2, 0.25) is 0 Å². The number of nitrogens with zero attached hydrogens (tertiary/aromatic N) is 5. The van der Waals surface area contributed by atoms with Crippen LogP contribution in [0.4, 0.5) is 34.1 Å². The van der Waals surface area contributed by atoms with Crippen LogP contribution in [0, 0.1) is 6.07 Å². The number of aromatic nitrogens is 2. The smallest absolute Gasteiger partial charge is 0.265 e. The van der Waals surface area contributed by atoms with Crippen LogP contribution in [0.1, 0.15) is 13.8 Å². The van der Waals surface area contributed by atoms with Crippen molar-refractivity contribution in [2.24, 2.45) is 4.66 Å². The number of aliphatic hydroxyl groups excluding tert-OH is 2. The van der Waals surface area contributed by atoms with E-state index >= 15 is 0 Å². The number of hydrogen-bond donors (Lipinski definition) is 2. The summed E-state index contributed by atoms with van der Waals surface area (Å²) in [7, 11) is 6.97. The van der Waals surface area contributed by atoms with Crippen LogP contribution < -0.4 is 9.80 Å². The van der Waals surface area contributed by atoms with Crippen molar-refractivity contribution in [3.05, 3.63) is 279 Å². The summed E-state index contributed by atoms with van der Waals surface area (Å²) in [6.45, 7) is 3.10. The van der Waals surface area contributed by atoms with Gasteiger partial charge in [-0.15, -0.1) is 35.9 Å².